The molecule has 3 atom stereocenters. The molecule has 1 saturated heterocycles. The summed E-state index contributed by atoms with van der Waals surface area (Å²) >= 11 is 0. The lowest BCUT2D eigenvalue weighted by molar-refractivity contribution is -0.134. The molecule has 0 bridgehead atoms. The molecule has 1 fully saturated rings. The molecular formula is C32H44N4O7. The quantitative estimate of drug-likeness (QED) is 0.427. The monoisotopic (exact) mass is 596 g/mol. The summed E-state index contributed by atoms with van der Waals surface area (Å²) in [6, 6.07) is 11.2. The number of likely N-dealkylation sites (N-methyl/N-ethyl adjacent to an activating group) is 1. The highest BCUT2D eigenvalue weighted by Crippen LogP contribution is 2.33. The van der Waals surface area contributed by atoms with Gasteiger partial charge in [0, 0.05) is 62.9 Å². The number of fused-ring (bicyclic) bond motifs is 2. The average Bonchev–Trinajstić information content (AvgIpc) is 3.48. The Kier molecular flexibility index (Phi) is 10.4. The van der Waals surface area contributed by atoms with Crippen LogP contribution in [0.3, 0.4) is 0 Å². The SMILES string of the molecule is C[C@@H]1CN([C@H](C)CO)C(=O)Cc2cc(NC(=O)CCN3CCOCC3)ccc2O[C@H]1CN(C)Cc1ccc2c(c1)OCO2. The van der Waals surface area contributed by atoms with Crippen molar-refractivity contribution in [3.8, 4) is 17.2 Å². The van der Waals surface area contributed by atoms with Crippen LogP contribution in [0.1, 0.15) is 31.4 Å². The lowest BCUT2D eigenvalue weighted by Crippen LogP contribution is -2.47. The van der Waals surface area contributed by atoms with Gasteiger partial charge in [-0.15, -0.1) is 0 Å². The van der Waals surface area contributed by atoms with E-state index in [9.17, 15) is 14.7 Å². The summed E-state index contributed by atoms with van der Waals surface area (Å²) in [4.78, 5) is 32.4. The number of carbonyl (C=O) groups excluding carboxylic acids is 2. The molecule has 0 unspecified atom stereocenters. The molecule has 0 radical (unpaired) electrons. The maximum atomic E-state index is 13.5. The van der Waals surface area contributed by atoms with Gasteiger partial charge in [0.05, 0.1) is 32.3 Å². The van der Waals surface area contributed by atoms with E-state index in [0.29, 0.717) is 62.8 Å². The number of anilines is 1. The molecule has 2 aromatic carbocycles. The standard InChI is InChI=1S/C32H44N4O7/c1-22-17-36(23(2)20-37)32(39)16-25-15-26(33-31(38)8-9-35-10-12-40-13-11-35)5-7-27(25)43-30(22)19-34(3)18-24-4-6-28-29(14-24)42-21-41-28/h4-7,14-15,22-23,30,37H,8-13,16-21H2,1-3H3,(H,33,38)/t22-,23-,30+/m1/s1. The predicted octanol–water partition coefficient (Wildman–Crippen LogP) is 2.36. The number of amides is 2. The topological polar surface area (TPSA) is 113 Å². The summed E-state index contributed by atoms with van der Waals surface area (Å²) in [5.41, 5.74) is 2.44. The van der Waals surface area contributed by atoms with Crippen molar-refractivity contribution in [2.45, 2.75) is 45.4 Å². The second-order valence-corrected chi connectivity index (χ2v) is 11.8. The van der Waals surface area contributed by atoms with Crippen LogP contribution < -0.4 is 19.5 Å². The molecule has 0 aromatic heterocycles. The second-order valence-electron chi connectivity index (χ2n) is 11.8. The van der Waals surface area contributed by atoms with Crippen LogP contribution in [0.2, 0.25) is 0 Å². The number of hydrogen-bond acceptors (Lipinski definition) is 9. The first-order valence-electron chi connectivity index (χ1n) is 15.2. The molecule has 3 aliphatic rings. The van der Waals surface area contributed by atoms with Crippen molar-refractivity contribution in [1.29, 1.82) is 0 Å². The zero-order valence-corrected chi connectivity index (χ0v) is 25.4. The summed E-state index contributed by atoms with van der Waals surface area (Å²) in [6.45, 7) is 9.54. The largest absolute Gasteiger partial charge is 0.488 e. The maximum absolute atomic E-state index is 13.5. The van der Waals surface area contributed by atoms with Crippen molar-refractivity contribution in [3.63, 3.8) is 0 Å². The van der Waals surface area contributed by atoms with Gasteiger partial charge in [-0.25, -0.2) is 0 Å². The number of rotatable bonds is 10. The predicted molar refractivity (Wildman–Crippen MR) is 161 cm³/mol. The molecule has 234 valence electrons. The van der Waals surface area contributed by atoms with Crippen molar-refractivity contribution in [2.75, 3.05) is 71.7 Å². The van der Waals surface area contributed by atoms with Crippen LogP contribution in [0, 0.1) is 5.92 Å². The van der Waals surface area contributed by atoms with Gasteiger partial charge in [-0.2, -0.15) is 0 Å². The first-order chi connectivity index (χ1) is 20.8. The molecule has 2 amide bonds. The zero-order valence-electron chi connectivity index (χ0n) is 25.4. The molecular weight excluding hydrogens is 552 g/mol. The Morgan fingerprint density at radius 3 is 2.67 bits per heavy atom. The zero-order chi connectivity index (χ0) is 30.3. The van der Waals surface area contributed by atoms with E-state index in [1.807, 2.05) is 50.4 Å². The molecule has 0 spiro atoms. The highest BCUT2D eigenvalue weighted by atomic mass is 16.7. The lowest BCUT2D eigenvalue weighted by atomic mass is 10.0. The Hall–Kier alpha value is -3.38. The third kappa shape index (κ3) is 8.17. The lowest BCUT2D eigenvalue weighted by Gasteiger charge is -2.34. The normalized spacial score (nSPS) is 21.4. The van der Waals surface area contributed by atoms with Crippen LogP contribution in [0.15, 0.2) is 36.4 Å². The highest BCUT2D eigenvalue weighted by molar-refractivity contribution is 5.91. The first kappa shape index (κ1) is 31.1. The van der Waals surface area contributed by atoms with Gasteiger partial charge < -0.3 is 34.3 Å². The maximum Gasteiger partial charge on any atom is 0.231 e. The molecule has 2 aromatic rings. The first-order valence-corrected chi connectivity index (χ1v) is 15.2. The molecule has 3 heterocycles. The van der Waals surface area contributed by atoms with E-state index >= 15 is 0 Å². The van der Waals surface area contributed by atoms with E-state index in [-0.39, 0.29) is 49.7 Å². The highest BCUT2D eigenvalue weighted by Gasteiger charge is 2.31. The Morgan fingerprint density at radius 2 is 1.88 bits per heavy atom. The number of benzene rings is 2. The molecule has 2 N–H and O–H groups in total. The van der Waals surface area contributed by atoms with Gasteiger partial charge in [0.1, 0.15) is 11.9 Å². The Morgan fingerprint density at radius 1 is 1.12 bits per heavy atom. The minimum atomic E-state index is -0.327. The van der Waals surface area contributed by atoms with Gasteiger partial charge in [-0.1, -0.05) is 13.0 Å². The van der Waals surface area contributed by atoms with E-state index in [1.54, 1.807) is 4.90 Å². The minimum Gasteiger partial charge on any atom is -0.488 e. The number of morpholine rings is 1. The van der Waals surface area contributed by atoms with Crippen LogP contribution in [-0.2, 0) is 27.3 Å². The van der Waals surface area contributed by atoms with Crippen molar-refractivity contribution in [1.82, 2.24) is 14.7 Å². The van der Waals surface area contributed by atoms with E-state index in [0.717, 1.165) is 30.2 Å². The van der Waals surface area contributed by atoms with Crippen LogP contribution in [-0.4, -0.2) is 110 Å². The summed E-state index contributed by atoms with van der Waals surface area (Å²) < 4.78 is 23.0. The smallest absolute Gasteiger partial charge is 0.231 e. The van der Waals surface area contributed by atoms with Gasteiger partial charge >= 0.3 is 0 Å². The van der Waals surface area contributed by atoms with E-state index in [2.05, 4.69) is 22.0 Å². The molecule has 11 nitrogen and oxygen atoms in total. The van der Waals surface area contributed by atoms with Gasteiger partial charge in [0.2, 0.25) is 18.6 Å². The molecule has 0 saturated carbocycles. The van der Waals surface area contributed by atoms with Crippen molar-refractivity contribution in [2.24, 2.45) is 5.92 Å². The average molecular weight is 597 g/mol. The van der Waals surface area contributed by atoms with Gasteiger partial charge in [0.15, 0.2) is 11.5 Å². The van der Waals surface area contributed by atoms with Gasteiger partial charge in [-0.3, -0.25) is 19.4 Å². The summed E-state index contributed by atoms with van der Waals surface area (Å²) in [7, 11) is 2.04. The molecule has 0 aliphatic carbocycles. The van der Waals surface area contributed by atoms with Gasteiger partial charge in [0.25, 0.3) is 0 Å². The van der Waals surface area contributed by atoms with Crippen molar-refractivity contribution in [3.05, 3.63) is 47.5 Å². The number of aliphatic hydroxyl groups excluding tert-OH is 1. The fourth-order valence-electron chi connectivity index (χ4n) is 5.76. The Balaban J connectivity index is 1.30. The minimum absolute atomic E-state index is 0.0114. The van der Waals surface area contributed by atoms with Crippen LogP contribution in [0.25, 0.3) is 0 Å². The number of aliphatic hydroxyl groups is 1. The number of nitrogens with zero attached hydrogens (tertiary/aromatic N) is 3. The van der Waals surface area contributed by atoms with E-state index in [4.69, 9.17) is 18.9 Å². The third-order valence-electron chi connectivity index (χ3n) is 8.34. The molecule has 43 heavy (non-hydrogen) atoms. The number of ether oxygens (including phenoxy) is 4. The fourth-order valence-corrected chi connectivity index (χ4v) is 5.76. The van der Waals surface area contributed by atoms with Crippen LogP contribution >= 0.6 is 0 Å². The third-order valence-corrected chi connectivity index (χ3v) is 8.34. The van der Waals surface area contributed by atoms with E-state index in [1.165, 1.54) is 0 Å². The Bertz CT molecular complexity index is 1270. The Labute approximate surface area is 253 Å². The number of carbonyl (C=O) groups is 2. The second kappa shape index (κ2) is 14.4. The summed E-state index contributed by atoms with van der Waals surface area (Å²) in [5.74, 6) is 1.97. The van der Waals surface area contributed by atoms with Crippen molar-refractivity contribution < 1.29 is 33.6 Å². The number of hydrogen-bond donors (Lipinski definition) is 2. The molecule has 3 aliphatic heterocycles. The summed E-state index contributed by atoms with van der Waals surface area (Å²) in [5, 5.41) is 12.9. The number of nitrogens with one attached hydrogen (secondary N) is 1. The fraction of sp³-hybridized carbons (Fsp3) is 0.562. The van der Waals surface area contributed by atoms with Crippen molar-refractivity contribution >= 4 is 17.5 Å². The summed E-state index contributed by atoms with van der Waals surface area (Å²) in [6.07, 6.45) is 0.263. The van der Waals surface area contributed by atoms with Crippen LogP contribution in [0.4, 0.5) is 5.69 Å². The van der Waals surface area contributed by atoms with Gasteiger partial charge in [-0.05, 0) is 49.9 Å². The molecule has 5 rings (SSSR count). The molecule has 11 heteroatoms. The van der Waals surface area contributed by atoms with E-state index < -0.39 is 0 Å². The van der Waals surface area contributed by atoms with Crippen LogP contribution in [0.5, 0.6) is 17.2 Å².